The number of likely N-dealkylation sites (tertiary alicyclic amines) is 1. The molecule has 1 saturated heterocycles. The van der Waals surface area contributed by atoms with E-state index in [1.54, 1.807) is 0 Å². The number of aliphatic hydroxyl groups excluding tert-OH is 3. The molecule has 0 aromatic rings. The second kappa shape index (κ2) is 4.59. The Morgan fingerprint density at radius 1 is 1.19 bits per heavy atom. The van der Waals surface area contributed by atoms with Gasteiger partial charge in [0.1, 0.15) is 0 Å². The molecule has 4 nitrogen and oxygen atoms in total. The second-order valence-electron chi connectivity index (χ2n) is 10.9. The molecule has 0 aromatic carbocycles. The second-order valence-corrected chi connectivity index (χ2v) is 10.9. The molecule has 7 bridgehead atoms. The molecule has 6 fully saturated rings. The Morgan fingerprint density at radius 2 is 1.96 bits per heavy atom. The molecule has 1 heterocycles. The molecular weight excluding hydrogens is 326 g/mol. The van der Waals surface area contributed by atoms with Crippen LogP contribution >= 0.6 is 0 Å². The van der Waals surface area contributed by atoms with Gasteiger partial charge in [-0.2, -0.15) is 0 Å². The number of aliphatic hydroxyl groups is 3. The van der Waals surface area contributed by atoms with Crippen molar-refractivity contribution in [2.24, 2.45) is 39.9 Å². The van der Waals surface area contributed by atoms with E-state index in [-0.39, 0.29) is 34.2 Å². The van der Waals surface area contributed by atoms with E-state index in [9.17, 15) is 15.3 Å². The van der Waals surface area contributed by atoms with Gasteiger partial charge in [0, 0.05) is 29.3 Å². The van der Waals surface area contributed by atoms with Crippen molar-refractivity contribution >= 4 is 0 Å². The smallest absolute Gasteiger partial charge is 0.0813 e. The molecule has 0 radical (unpaired) electrons. The fourth-order valence-electron chi connectivity index (χ4n) is 9.97. The lowest BCUT2D eigenvalue weighted by molar-refractivity contribution is -0.218. The van der Waals surface area contributed by atoms with Crippen molar-refractivity contribution < 1.29 is 15.3 Å². The Bertz CT molecular complexity index is 695. The third-order valence-electron chi connectivity index (χ3n) is 10.6. The quantitative estimate of drug-likeness (QED) is 0.625. The van der Waals surface area contributed by atoms with Gasteiger partial charge in [-0.15, -0.1) is 0 Å². The van der Waals surface area contributed by atoms with Crippen molar-refractivity contribution in [1.29, 1.82) is 0 Å². The highest BCUT2D eigenvalue weighted by molar-refractivity contribution is 5.39. The number of hydrogen-bond donors (Lipinski definition) is 3. The van der Waals surface area contributed by atoms with E-state index in [4.69, 9.17) is 0 Å². The van der Waals surface area contributed by atoms with E-state index in [1.165, 1.54) is 0 Å². The average Bonchev–Trinajstić information content (AvgIpc) is 3.14. The molecule has 3 N–H and O–H groups in total. The van der Waals surface area contributed by atoms with Gasteiger partial charge < -0.3 is 15.3 Å². The topological polar surface area (TPSA) is 63.9 Å². The molecule has 2 unspecified atom stereocenters. The lowest BCUT2D eigenvalue weighted by Crippen LogP contribution is -2.68. The summed E-state index contributed by atoms with van der Waals surface area (Å²) < 4.78 is 0. The van der Waals surface area contributed by atoms with Crippen LogP contribution in [0.3, 0.4) is 0 Å². The molecule has 6 aliphatic rings. The molecule has 5 saturated carbocycles. The van der Waals surface area contributed by atoms with Crippen LogP contribution in [0.15, 0.2) is 12.2 Å². The van der Waals surface area contributed by atoms with Gasteiger partial charge in [0.25, 0.3) is 0 Å². The third-order valence-corrected chi connectivity index (χ3v) is 10.6. The maximum atomic E-state index is 11.5. The van der Waals surface area contributed by atoms with Gasteiger partial charge in [-0.25, -0.2) is 0 Å². The van der Waals surface area contributed by atoms with Gasteiger partial charge in [0.15, 0.2) is 0 Å². The summed E-state index contributed by atoms with van der Waals surface area (Å²) in [5, 5.41) is 33.8. The first-order chi connectivity index (χ1) is 12.3. The van der Waals surface area contributed by atoms with E-state index in [2.05, 4.69) is 25.3 Å². The van der Waals surface area contributed by atoms with Gasteiger partial charge in [0.2, 0.25) is 0 Å². The number of piperidine rings is 1. The summed E-state index contributed by atoms with van der Waals surface area (Å²) in [7, 11) is 0. The number of hydrogen-bond acceptors (Lipinski definition) is 4. The van der Waals surface area contributed by atoms with Crippen LogP contribution in [0, 0.1) is 39.9 Å². The monoisotopic (exact) mass is 359 g/mol. The molecule has 1 aliphatic heterocycles. The standard InChI is InChI=1S/C22H33NO3/c1-4-23-10-20(3)6-5-17(25)22-15(20)7-13(18(22)23)21-9-12(11(2)19(21)26)14(24)8-16(21)22/h12-19,24-26H,2,4-10H2,1,3H3/t12-,13-,14+,15-,16-,17+,18?,19-,20-,21?,22+/m1/s1. The molecule has 11 atom stereocenters. The Labute approximate surface area is 156 Å². The van der Waals surface area contributed by atoms with Gasteiger partial charge in [-0.3, -0.25) is 4.90 Å². The summed E-state index contributed by atoms with van der Waals surface area (Å²) in [5.74, 6) is 1.26. The Balaban J connectivity index is 1.61. The molecular formula is C22H33NO3. The highest BCUT2D eigenvalue weighted by Gasteiger charge is 2.85. The van der Waals surface area contributed by atoms with E-state index in [1.807, 2.05) is 0 Å². The summed E-state index contributed by atoms with van der Waals surface area (Å²) >= 11 is 0. The normalized spacial score (nSPS) is 65.5. The SMILES string of the molecule is C=C1[C@H]2CC3([C@@H]1O)[C@@H]1C[C@@H]4[C@]5(C)CC[C@H](O)[C@@]4(C1N(CC)C5)[C@@H]3C[C@@H]2O. The minimum Gasteiger partial charge on any atom is -0.392 e. The first-order valence-electron chi connectivity index (χ1n) is 10.8. The van der Waals surface area contributed by atoms with Crippen LogP contribution in [0.2, 0.25) is 0 Å². The van der Waals surface area contributed by atoms with Crippen molar-refractivity contribution in [1.82, 2.24) is 4.90 Å². The van der Waals surface area contributed by atoms with E-state index in [0.29, 0.717) is 17.9 Å². The number of rotatable bonds is 1. The molecule has 0 aromatic heterocycles. The van der Waals surface area contributed by atoms with Gasteiger partial charge in [-0.05, 0) is 67.4 Å². The summed E-state index contributed by atoms with van der Waals surface area (Å²) in [6, 6.07) is 0.373. The van der Waals surface area contributed by atoms with Crippen molar-refractivity contribution in [2.75, 3.05) is 13.1 Å². The van der Waals surface area contributed by atoms with Crippen molar-refractivity contribution in [2.45, 2.75) is 70.3 Å². The first-order valence-corrected chi connectivity index (χ1v) is 10.8. The zero-order valence-corrected chi connectivity index (χ0v) is 16.1. The minimum absolute atomic E-state index is 0.0547. The maximum absolute atomic E-state index is 11.5. The fourth-order valence-corrected chi connectivity index (χ4v) is 9.97. The van der Waals surface area contributed by atoms with Crippen molar-refractivity contribution in [3.63, 3.8) is 0 Å². The van der Waals surface area contributed by atoms with Crippen molar-refractivity contribution in [3.05, 3.63) is 12.2 Å². The van der Waals surface area contributed by atoms with E-state index in [0.717, 1.165) is 50.8 Å². The maximum Gasteiger partial charge on any atom is 0.0813 e. The summed E-state index contributed by atoms with van der Waals surface area (Å²) in [4.78, 5) is 2.65. The molecule has 0 amide bonds. The lowest BCUT2D eigenvalue weighted by atomic mass is 9.43. The molecule has 2 spiro atoms. The predicted molar refractivity (Wildman–Crippen MR) is 98.2 cm³/mol. The van der Waals surface area contributed by atoms with Crippen LogP contribution in [0.25, 0.3) is 0 Å². The van der Waals surface area contributed by atoms with Crippen LogP contribution in [-0.4, -0.2) is 57.7 Å². The lowest BCUT2D eigenvalue weighted by Gasteiger charge is -2.65. The number of fused-ring (bicyclic) bond motifs is 1. The Kier molecular flexibility index (Phi) is 2.92. The number of nitrogens with zero attached hydrogens (tertiary/aromatic N) is 1. The summed E-state index contributed by atoms with van der Waals surface area (Å²) in [6.45, 7) is 11.1. The molecule has 26 heavy (non-hydrogen) atoms. The molecule has 5 aliphatic carbocycles. The molecule has 144 valence electrons. The van der Waals surface area contributed by atoms with Gasteiger partial charge >= 0.3 is 0 Å². The largest absolute Gasteiger partial charge is 0.392 e. The Hall–Kier alpha value is -0.420. The first kappa shape index (κ1) is 16.5. The minimum atomic E-state index is -0.500. The van der Waals surface area contributed by atoms with Crippen LogP contribution in [0.1, 0.15) is 46.0 Å². The average molecular weight is 360 g/mol. The summed E-state index contributed by atoms with van der Waals surface area (Å²) in [6.07, 6.45) is 3.58. The Morgan fingerprint density at radius 3 is 2.69 bits per heavy atom. The van der Waals surface area contributed by atoms with Crippen molar-refractivity contribution in [3.8, 4) is 0 Å². The zero-order valence-electron chi connectivity index (χ0n) is 16.1. The molecule has 4 heteroatoms. The third kappa shape index (κ3) is 1.37. The van der Waals surface area contributed by atoms with Crippen LogP contribution in [-0.2, 0) is 0 Å². The van der Waals surface area contributed by atoms with E-state index < -0.39 is 12.2 Å². The highest BCUT2D eigenvalue weighted by atomic mass is 16.3. The van der Waals surface area contributed by atoms with Crippen LogP contribution < -0.4 is 0 Å². The van der Waals surface area contributed by atoms with Gasteiger partial charge in [-0.1, -0.05) is 20.4 Å². The fraction of sp³-hybridized carbons (Fsp3) is 0.909. The van der Waals surface area contributed by atoms with Crippen LogP contribution in [0.5, 0.6) is 0 Å². The van der Waals surface area contributed by atoms with E-state index >= 15 is 0 Å². The van der Waals surface area contributed by atoms with Gasteiger partial charge in [0.05, 0.1) is 18.3 Å². The zero-order chi connectivity index (χ0) is 18.2. The summed E-state index contributed by atoms with van der Waals surface area (Å²) in [5.41, 5.74) is 0.849. The molecule has 6 rings (SSSR count). The van der Waals surface area contributed by atoms with Crippen LogP contribution in [0.4, 0.5) is 0 Å². The highest BCUT2D eigenvalue weighted by Crippen LogP contribution is 2.83. The predicted octanol–water partition coefficient (Wildman–Crippen LogP) is 1.79.